The Balaban J connectivity index is 1.59. The Morgan fingerprint density at radius 3 is 2.37 bits per heavy atom. The molecule has 27 heavy (non-hydrogen) atoms. The number of halogens is 1. The number of nitrogens with zero attached hydrogens (tertiary/aromatic N) is 2. The summed E-state index contributed by atoms with van der Waals surface area (Å²) < 4.78 is 0. The molecule has 0 radical (unpaired) electrons. The lowest BCUT2D eigenvalue weighted by molar-refractivity contribution is 0.0946. The molecule has 0 saturated heterocycles. The predicted molar refractivity (Wildman–Crippen MR) is 102 cm³/mol. The van der Waals surface area contributed by atoms with Crippen LogP contribution in [-0.2, 0) is 13.1 Å². The lowest BCUT2D eigenvalue weighted by Crippen LogP contribution is -2.26. The van der Waals surface area contributed by atoms with E-state index in [1.807, 2.05) is 18.2 Å². The van der Waals surface area contributed by atoms with Crippen molar-refractivity contribution in [2.75, 3.05) is 0 Å². The molecule has 0 unspecified atom stereocenters. The van der Waals surface area contributed by atoms with Crippen LogP contribution in [0, 0.1) is 0 Å². The molecule has 3 rings (SSSR count). The Labute approximate surface area is 161 Å². The van der Waals surface area contributed by atoms with Crippen molar-refractivity contribution in [1.29, 1.82) is 0 Å². The summed E-state index contributed by atoms with van der Waals surface area (Å²) in [6.07, 6.45) is 4.78. The number of carbonyl (C=O) groups is 2. The van der Waals surface area contributed by atoms with Gasteiger partial charge in [0.15, 0.2) is 0 Å². The van der Waals surface area contributed by atoms with Crippen molar-refractivity contribution in [3.05, 3.63) is 94.5 Å². The largest absolute Gasteiger partial charge is 0.348 e. The van der Waals surface area contributed by atoms with Crippen LogP contribution in [0.3, 0.4) is 0 Å². The van der Waals surface area contributed by atoms with Crippen molar-refractivity contribution in [2.45, 2.75) is 13.1 Å². The molecule has 6 nitrogen and oxygen atoms in total. The number of amides is 2. The molecule has 0 aliphatic rings. The SMILES string of the molecule is O=C(NCc1ccc(Cl)cc1)c1ccnc(C(=O)NCc2cccnc2)c1. The zero-order valence-electron chi connectivity index (χ0n) is 14.4. The van der Waals surface area contributed by atoms with Crippen LogP contribution in [0.1, 0.15) is 32.0 Å². The highest BCUT2D eigenvalue weighted by Gasteiger charge is 2.12. The number of rotatable bonds is 6. The molecular formula is C20H17ClN4O2. The molecule has 3 aromatic rings. The third-order valence-corrected chi connectivity index (χ3v) is 4.05. The molecular weight excluding hydrogens is 364 g/mol. The summed E-state index contributed by atoms with van der Waals surface area (Å²) in [5, 5.41) is 6.21. The second-order valence-corrected chi connectivity index (χ2v) is 6.22. The fraction of sp³-hybridized carbons (Fsp3) is 0.100. The van der Waals surface area contributed by atoms with Gasteiger partial charge in [-0.2, -0.15) is 0 Å². The summed E-state index contributed by atoms with van der Waals surface area (Å²) in [6.45, 7) is 0.697. The first-order chi connectivity index (χ1) is 13.1. The van der Waals surface area contributed by atoms with E-state index in [1.54, 1.807) is 36.7 Å². The lowest BCUT2D eigenvalue weighted by Gasteiger charge is -2.08. The number of benzene rings is 1. The number of carbonyl (C=O) groups excluding carboxylic acids is 2. The van der Waals surface area contributed by atoms with E-state index in [2.05, 4.69) is 20.6 Å². The summed E-state index contributed by atoms with van der Waals surface area (Å²) in [5.74, 6) is -0.639. The molecule has 0 saturated carbocycles. The molecule has 2 amide bonds. The molecule has 0 spiro atoms. The second-order valence-electron chi connectivity index (χ2n) is 5.78. The first-order valence-electron chi connectivity index (χ1n) is 8.27. The Bertz CT molecular complexity index is 930. The van der Waals surface area contributed by atoms with E-state index in [9.17, 15) is 9.59 Å². The quantitative estimate of drug-likeness (QED) is 0.688. The highest BCUT2D eigenvalue weighted by Crippen LogP contribution is 2.10. The van der Waals surface area contributed by atoms with Gasteiger partial charge in [0, 0.05) is 42.3 Å². The van der Waals surface area contributed by atoms with Gasteiger partial charge < -0.3 is 10.6 Å². The maximum absolute atomic E-state index is 12.3. The second kappa shape index (κ2) is 8.91. The van der Waals surface area contributed by atoms with E-state index in [4.69, 9.17) is 11.6 Å². The molecule has 7 heteroatoms. The van der Waals surface area contributed by atoms with Gasteiger partial charge in [-0.15, -0.1) is 0 Å². The number of nitrogens with one attached hydrogen (secondary N) is 2. The molecule has 136 valence electrons. The fourth-order valence-electron chi connectivity index (χ4n) is 2.36. The number of hydrogen-bond donors (Lipinski definition) is 2. The third-order valence-electron chi connectivity index (χ3n) is 3.80. The Hall–Kier alpha value is -3.25. The minimum Gasteiger partial charge on any atom is -0.348 e. The van der Waals surface area contributed by atoms with Crippen LogP contribution in [-0.4, -0.2) is 21.8 Å². The van der Waals surface area contributed by atoms with E-state index in [-0.39, 0.29) is 17.5 Å². The van der Waals surface area contributed by atoms with Crippen molar-refractivity contribution < 1.29 is 9.59 Å². The van der Waals surface area contributed by atoms with Gasteiger partial charge in [-0.1, -0.05) is 29.8 Å². The van der Waals surface area contributed by atoms with Crippen LogP contribution in [0.25, 0.3) is 0 Å². The van der Waals surface area contributed by atoms with Crippen LogP contribution < -0.4 is 10.6 Å². The van der Waals surface area contributed by atoms with Gasteiger partial charge in [0.05, 0.1) is 0 Å². The van der Waals surface area contributed by atoms with E-state index in [1.165, 1.54) is 12.3 Å². The molecule has 0 atom stereocenters. The van der Waals surface area contributed by atoms with Crippen LogP contribution in [0.15, 0.2) is 67.1 Å². The molecule has 1 aromatic carbocycles. The van der Waals surface area contributed by atoms with Crippen molar-refractivity contribution >= 4 is 23.4 Å². The van der Waals surface area contributed by atoms with Gasteiger partial charge in [0.2, 0.25) is 0 Å². The average molecular weight is 381 g/mol. The van der Waals surface area contributed by atoms with Crippen LogP contribution in [0.5, 0.6) is 0 Å². The number of aromatic nitrogens is 2. The predicted octanol–water partition coefficient (Wildman–Crippen LogP) is 2.99. The summed E-state index contributed by atoms with van der Waals surface area (Å²) in [4.78, 5) is 32.6. The fourth-order valence-corrected chi connectivity index (χ4v) is 2.48. The number of hydrogen-bond acceptors (Lipinski definition) is 4. The van der Waals surface area contributed by atoms with Crippen LogP contribution >= 0.6 is 11.6 Å². The minimum absolute atomic E-state index is 0.179. The smallest absolute Gasteiger partial charge is 0.270 e. The van der Waals surface area contributed by atoms with Gasteiger partial charge >= 0.3 is 0 Å². The van der Waals surface area contributed by atoms with Gasteiger partial charge in [-0.25, -0.2) is 0 Å². The molecule has 2 N–H and O–H groups in total. The van der Waals surface area contributed by atoms with Gasteiger partial charge in [0.1, 0.15) is 5.69 Å². The normalized spacial score (nSPS) is 10.3. The van der Waals surface area contributed by atoms with Crippen molar-refractivity contribution in [1.82, 2.24) is 20.6 Å². The topological polar surface area (TPSA) is 84.0 Å². The first kappa shape index (κ1) is 18.5. The minimum atomic E-state index is -0.355. The van der Waals surface area contributed by atoms with E-state index in [0.29, 0.717) is 23.7 Å². The molecule has 0 fully saturated rings. The van der Waals surface area contributed by atoms with Crippen LogP contribution in [0.4, 0.5) is 0 Å². The monoisotopic (exact) mass is 380 g/mol. The molecule has 0 bridgehead atoms. The highest BCUT2D eigenvalue weighted by molar-refractivity contribution is 6.30. The Morgan fingerprint density at radius 2 is 1.63 bits per heavy atom. The summed E-state index contributed by atoms with van der Waals surface area (Å²) >= 11 is 5.85. The maximum atomic E-state index is 12.3. The van der Waals surface area contributed by atoms with Gasteiger partial charge in [0.25, 0.3) is 11.8 Å². The molecule has 2 aromatic heterocycles. The Morgan fingerprint density at radius 1 is 0.889 bits per heavy atom. The summed E-state index contributed by atoms with van der Waals surface area (Å²) in [7, 11) is 0. The molecule has 2 heterocycles. The van der Waals surface area contributed by atoms with Crippen LogP contribution in [0.2, 0.25) is 5.02 Å². The standard InChI is InChI=1S/C20H17ClN4O2/c21-17-5-3-14(4-6-17)12-24-19(26)16-7-9-23-18(10-16)20(27)25-13-15-2-1-8-22-11-15/h1-11H,12-13H2,(H,24,26)(H,25,27). The average Bonchev–Trinajstić information content (AvgIpc) is 2.72. The molecule has 0 aliphatic carbocycles. The maximum Gasteiger partial charge on any atom is 0.270 e. The van der Waals surface area contributed by atoms with E-state index < -0.39 is 0 Å². The van der Waals surface area contributed by atoms with Crippen molar-refractivity contribution in [2.24, 2.45) is 0 Å². The van der Waals surface area contributed by atoms with Gasteiger partial charge in [-0.3, -0.25) is 19.6 Å². The van der Waals surface area contributed by atoms with Gasteiger partial charge in [-0.05, 0) is 41.5 Å². The zero-order valence-corrected chi connectivity index (χ0v) is 15.1. The number of pyridine rings is 2. The van der Waals surface area contributed by atoms with Crippen molar-refractivity contribution in [3.8, 4) is 0 Å². The Kier molecular flexibility index (Phi) is 6.12. The van der Waals surface area contributed by atoms with E-state index >= 15 is 0 Å². The summed E-state index contributed by atoms with van der Waals surface area (Å²) in [5.41, 5.74) is 2.35. The van der Waals surface area contributed by atoms with Crippen molar-refractivity contribution in [3.63, 3.8) is 0 Å². The summed E-state index contributed by atoms with van der Waals surface area (Å²) in [6, 6.07) is 13.9. The molecule has 0 aliphatic heterocycles. The lowest BCUT2D eigenvalue weighted by atomic mass is 10.2. The van der Waals surface area contributed by atoms with E-state index in [0.717, 1.165) is 11.1 Å². The highest BCUT2D eigenvalue weighted by atomic mass is 35.5. The first-order valence-corrected chi connectivity index (χ1v) is 8.65. The third kappa shape index (κ3) is 5.36. The zero-order chi connectivity index (χ0) is 19.1.